The van der Waals surface area contributed by atoms with E-state index in [1.165, 1.54) is 38.8 Å². The summed E-state index contributed by atoms with van der Waals surface area (Å²) in [5, 5.41) is 3.48. The number of pyridine rings is 1. The molecule has 5 nitrogen and oxygen atoms in total. The molecule has 0 unspecified atom stereocenters. The molecule has 5 heteroatoms. The van der Waals surface area contributed by atoms with Crippen molar-refractivity contribution in [2.45, 2.75) is 39.0 Å². The number of rotatable bonds is 6. The first-order valence-electron chi connectivity index (χ1n) is 9.11. The van der Waals surface area contributed by atoms with Gasteiger partial charge < -0.3 is 10.2 Å². The van der Waals surface area contributed by atoms with E-state index in [2.05, 4.69) is 38.2 Å². The van der Waals surface area contributed by atoms with Crippen LogP contribution in [0.1, 0.15) is 38.3 Å². The fraction of sp³-hybridized carbons (Fsp3) is 0.526. The normalized spacial score (nSPS) is 15.9. The third-order valence-electron chi connectivity index (χ3n) is 4.47. The highest BCUT2D eigenvalue weighted by Crippen LogP contribution is 2.16. The molecule has 0 amide bonds. The number of aryl methyl sites for hydroxylation is 1. The molecule has 128 valence electrons. The zero-order valence-corrected chi connectivity index (χ0v) is 14.5. The fourth-order valence-corrected chi connectivity index (χ4v) is 3.08. The van der Waals surface area contributed by atoms with E-state index in [0.29, 0.717) is 5.82 Å². The molecular weight excluding hydrogens is 298 g/mol. The van der Waals surface area contributed by atoms with Gasteiger partial charge in [0.25, 0.3) is 0 Å². The number of hydrogen-bond donors (Lipinski definition) is 1. The molecule has 1 saturated heterocycles. The van der Waals surface area contributed by atoms with Gasteiger partial charge >= 0.3 is 0 Å². The van der Waals surface area contributed by atoms with Gasteiger partial charge in [-0.15, -0.1) is 0 Å². The molecule has 3 heterocycles. The highest BCUT2D eigenvalue weighted by Gasteiger charge is 2.10. The SMILES string of the molecule is CCc1cc(NCCN2CCCCCC2)nc(-c2ccccn2)n1. The first-order chi connectivity index (χ1) is 11.8. The predicted octanol–water partition coefficient (Wildman–Crippen LogP) is 3.39. The highest BCUT2D eigenvalue weighted by molar-refractivity contribution is 5.52. The zero-order valence-electron chi connectivity index (χ0n) is 14.5. The van der Waals surface area contributed by atoms with Gasteiger partial charge in [0.15, 0.2) is 5.82 Å². The second kappa shape index (κ2) is 8.73. The Morgan fingerprint density at radius 2 is 1.92 bits per heavy atom. The molecule has 0 aliphatic carbocycles. The maximum atomic E-state index is 4.65. The van der Waals surface area contributed by atoms with E-state index < -0.39 is 0 Å². The van der Waals surface area contributed by atoms with Crippen molar-refractivity contribution in [1.82, 2.24) is 19.9 Å². The highest BCUT2D eigenvalue weighted by atomic mass is 15.1. The Hall–Kier alpha value is -2.01. The third-order valence-corrected chi connectivity index (χ3v) is 4.47. The third kappa shape index (κ3) is 4.74. The number of aromatic nitrogens is 3. The molecular formula is C19H27N5. The van der Waals surface area contributed by atoms with Gasteiger partial charge in [0.2, 0.25) is 0 Å². The van der Waals surface area contributed by atoms with Crippen molar-refractivity contribution in [3.05, 3.63) is 36.2 Å². The lowest BCUT2D eigenvalue weighted by molar-refractivity contribution is 0.296. The lowest BCUT2D eigenvalue weighted by atomic mass is 10.2. The van der Waals surface area contributed by atoms with Crippen molar-refractivity contribution < 1.29 is 0 Å². The molecule has 0 spiro atoms. The van der Waals surface area contributed by atoms with Gasteiger partial charge in [0.1, 0.15) is 11.5 Å². The minimum Gasteiger partial charge on any atom is -0.369 e. The maximum Gasteiger partial charge on any atom is 0.180 e. The maximum absolute atomic E-state index is 4.65. The molecule has 24 heavy (non-hydrogen) atoms. The predicted molar refractivity (Wildman–Crippen MR) is 98.0 cm³/mol. The van der Waals surface area contributed by atoms with E-state index >= 15 is 0 Å². The van der Waals surface area contributed by atoms with Gasteiger partial charge in [-0.25, -0.2) is 9.97 Å². The Morgan fingerprint density at radius 3 is 2.62 bits per heavy atom. The van der Waals surface area contributed by atoms with Crippen LogP contribution in [0.15, 0.2) is 30.5 Å². The van der Waals surface area contributed by atoms with Crippen molar-refractivity contribution in [2.75, 3.05) is 31.5 Å². The largest absolute Gasteiger partial charge is 0.369 e. The van der Waals surface area contributed by atoms with Crippen molar-refractivity contribution in [1.29, 1.82) is 0 Å². The Balaban J connectivity index is 1.64. The fourth-order valence-electron chi connectivity index (χ4n) is 3.08. The molecule has 0 atom stereocenters. The van der Waals surface area contributed by atoms with E-state index in [4.69, 9.17) is 0 Å². The van der Waals surface area contributed by atoms with Gasteiger partial charge in [-0.1, -0.05) is 25.8 Å². The van der Waals surface area contributed by atoms with Crippen LogP contribution in [0.2, 0.25) is 0 Å². The van der Waals surface area contributed by atoms with Crippen LogP contribution in [-0.2, 0) is 6.42 Å². The molecule has 1 N–H and O–H groups in total. The average molecular weight is 325 g/mol. The van der Waals surface area contributed by atoms with Gasteiger partial charge in [-0.05, 0) is 44.5 Å². The monoisotopic (exact) mass is 325 g/mol. The molecule has 0 saturated carbocycles. The summed E-state index contributed by atoms with van der Waals surface area (Å²) in [5.41, 5.74) is 1.87. The van der Waals surface area contributed by atoms with Crippen LogP contribution in [0.25, 0.3) is 11.5 Å². The summed E-state index contributed by atoms with van der Waals surface area (Å²) in [6, 6.07) is 7.88. The molecule has 0 aromatic carbocycles. The molecule has 0 radical (unpaired) electrons. The minimum atomic E-state index is 0.701. The molecule has 1 aliphatic rings. The minimum absolute atomic E-state index is 0.701. The first kappa shape index (κ1) is 16.8. The van der Waals surface area contributed by atoms with Crippen LogP contribution in [0.3, 0.4) is 0 Å². The van der Waals surface area contributed by atoms with Crippen molar-refractivity contribution in [3.8, 4) is 11.5 Å². The quantitative estimate of drug-likeness (QED) is 0.882. The second-order valence-corrected chi connectivity index (χ2v) is 6.32. The van der Waals surface area contributed by atoms with Gasteiger partial charge in [0.05, 0.1) is 0 Å². The summed E-state index contributed by atoms with van der Waals surface area (Å²) >= 11 is 0. The summed E-state index contributed by atoms with van der Waals surface area (Å²) in [6.07, 6.45) is 8.09. The molecule has 3 rings (SSSR count). The van der Waals surface area contributed by atoms with Crippen molar-refractivity contribution in [2.24, 2.45) is 0 Å². The van der Waals surface area contributed by atoms with E-state index in [1.807, 2.05) is 18.2 Å². The van der Waals surface area contributed by atoms with E-state index in [1.54, 1.807) is 6.20 Å². The number of hydrogen-bond acceptors (Lipinski definition) is 5. The number of likely N-dealkylation sites (tertiary alicyclic amines) is 1. The molecule has 1 aliphatic heterocycles. The molecule has 0 bridgehead atoms. The Bertz CT molecular complexity index is 621. The summed E-state index contributed by atoms with van der Waals surface area (Å²) in [6.45, 7) is 6.56. The van der Waals surface area contributed by atoms with Crippen LogP contribution in [0.4, 0.5) is 5.82 Å². The van der Waals surface area contributed by atoms with Gasteiger partial charge in [-0.3, -0.25) is 4.98 Å². The summed E-state index contributed by atoms with van der Waals surface area (Å²) in [5.74, 6) is 1.60. The summed E-state index contributed by atoms with van der Waals surface area (Å²) in [4.78, 5) is 16.2. The first-order valence-corrected chi connectivity index (χ1v) is 9.11. The van der Waals surface area contributed by atoms with E-state index in [0.717, 1.165) is 36.7 Å². The lowest BCUT2D eigenvalue weighted by Crippen LogP contribution is -2.30. The summed E-state index contributed by atoms with van der Waals surface area (Å²) in [7, 11) is 0. The smallest absolute Gasteiger partial charge is 0.180 e. The van der Waals surface area contributed by atoms with Crippen molar-refractivity contribution >= 4 is 5.82 Å². The number of nitrogens with zero attached hydrogens (tertiary/aromatic N) is 4. The van der Waals surface area contributed by atoms with E-state index in [9.17, 15) is 0 Å². The van der Waals surface area contributed by atoms with Crippen LogP contribution in [-0.4, -0.2) is 46.0 Å². The number of anilines is 1. The molecule has 2 aromatic heterocycles. The van der Waals surface area contributed by atoms with Gasteiger partial charge in [-0.2, -0.15) is 0 Å². The Kier molecular flexibility index (Phi) is 6.13. The molecule has 1 fully saturated rings. The summed E-state index contributed by atoms with van der Waals surface area (Å²) < 4.78 is 0. The van der Waals surface area contributed by atoms with Crippen LogP contribution >= 0.6 is 0 Å². The van der Waals surface area contributed by atoms with Crippen molar-refractivity contribution in [3.63, 3.8) is 0 Å². The second-order valence-electron chi connectivity index (χ2n) is 6.32. The number of nitrogens with one attached hydrogen (secondary N) is 1. The average Bonchev–Trinajstić information content (AvgIpc) is 2.91. The Labute approximate surface area is 144 Å². The Morgan fingerprint density at radius 1 is 1.08 bits per heavy atom. The molecule has 2 aromatic rings. The standard InChI is InChI=1S/C19H27N5/c1-2-16-15-18(21-11-14-24-12-7-3-4-8-13-24)23-19(22-16)17-9-5-6-10-20-17/h5-6,9-10,15H,2-4,7-8,11-14H2,1H3,(H,21,22,23). The van der Waals surface area contributed by atoms with Crippen LogP contribution < -0.4 is 5.32 Å². The van der Waals surface area contributed by atoms with Crippen LogP contribution in [0.5, 0.6) is 0 Å². The topological polar surface area (TPSA) is 53.9 Å². The lowest BCUT2D eigenvalue weighted by Gasteiger charge is -2.20. The zero-order chi connectivity index (χ0) is 16.6. The van der Waals surface area contributed by atoms with E-state index in [-0.39, 0.29) is 0 Å². The van der Waals surface area contributed by atoms with Gasteiger partial charge in [0, 0.05) is 31.0 Å². The van der Waals surface area contributed by atoms with Crippen LogP contribution in [0, 0.1) is 0 Å².